The number of ketones is 1. The summed E-state index contributed by atoms with van der Waals surface area (Å²) in [5.74, 6) is -0.406. The van der Waals surface area contributed by atoms with Gasteiger partial charge in [0.25, 0.3) is 0 Å². The highest BCUT2D eigenvalue weighted by atomic mass is 16.5. The Hall–Kier alpha value is -2.10. The molecule has 1 N–H and O–H groups in total. The minimum Gasteiger partial charge on any atom is -0.478 e. The van der Waals surface area contributed by atoms with E-state index in [9.17, 15) is 14.7 Å². The number of carboxylic acids is 1. The lowest BCUT2D eigenvalue weighted by molar-refractivity contribution is -0.154. The summed E-state index contributed by atoms with van der Waals surface area (Å²) in [4.78, 5) is 24.4. The van der Waals surface area contributed by atoms with Crippen LogP contribution in [0.4, 0.5) is 0 Å². The van der Waals surface area contributed by atoms with E-state index in [1.807, 2.05) is 13.8 Å². The van der Waals surface area contributed by atoms with Crippen molar-refractivity contribution in [2.75, 3.05) is 0 Å². The number of carbonyl (C=O) groups is 2. The number of carbonyl (C=O) groups excluding carboxylic acids is 1. The van der Waals surface area contributed by atoms with Crippen LogP contribution in [0.5, 0.6) is 5.75 Å². The highest BCUT2D eigenvalue weighted by Crippen LogP contribution is 2.40. The van der Waals surface area contributed by atoms with Crippen molar-refractivity contribution in [2.24, 2.45) is 0 Å². The Kier molecular flexibility index (Phi) is 6.04. The van der Waals surface area contributed by atoms with E-state index in [0.717, 1.165) is 36.8 Å². The standard InChI is InChI=1S/C21H28O4/c1-5-7-8-9-10-21(20(23)24)13-16-12-17(19(22)14(3)6-2)15(4)11-18(16)25-21/h11-12H,3,5-10,13H2,1-2,4H3,(H,23,24). The fourth-order valence-electron chi connectivity index (χ4n) is 3.31. The molecule has 0 aliphatic carbocycles. The molecule has 4 nitrogen and oxygen atoms in total. The van der Waals surface area contributed by atoms with Crippen LogP contribution in [0.15, 0.2) is 24.3 Å². The van der Waals surface area contributed by atoms with Gasteiger partial charge in [0.05, 0.1) is 0 Å². The molecule has 1 aliphatic heterocycles. The number of unbranched alkanes of at least 4 members (excludes halogenated alkanes) is 3. The minimum absolute atomic E-state index is 0.0708. The van der Waals surface area contributed by atoms with Gasteiger partial charge in [-0.15, -0.1) is 0 Å². The van der Waals surface area contributed by atoms with E-state index < -0.39 is 11.6 Å². The van der Waals surface area contributed by atoms with Gasteiger partial charge in [-0.1, -0.05) is 39.7 Å². The van der Waals surface area contributed by atoms with E-state index in [2.05, 4.69) is 13.5 Å². The van der Waals surface area contributed by atoms with Crippen LogP contribution < -0.4 is 4.74 Å². The van der Waals surface area contributed by atoms with Crippen LogP contribution in [0.1, 0.15) is 73.9 Å². The summed E-state index contributed by atoms with van der Waals surface area (Å²) in [7, 11) is 0. The highest BCUT2D eigenvalue weighted by Gasteiger charge is 2.46. The second kappa shape index (κ2) is 7.85. The van der Waals surface area contributed by atoms with E-state index in [-0.39, 0.29) is 5.78 Å². The van der Waals surface area contributed by atoms with Crippen LogP contribution in [-0.4, -0.2) is 22.5 Å². The first-order valence-corrected chi connectivity index (χ1v) is 9.13. The lowest BCUT2D eigenvalue weighted by Gasteiger charge is -2.24. The smallest absolute Gasteiger partial charge is 0.348 e. The molecule has 1 aliphatic rings. The van der Waals surface area contributed by atoms with Gasteiger partial charge >= 0.3 is 5.97 Å². The number of rotatable bonds is 9. The van der Waals surface area contributed by atoms with Gasteiger partial charge in [-0.3, -0.25) is 4.79 Å². The number of fused-ring (bicyclic) bond motifs is 1. The first kappa shape index (κ1) is 19.2. The fraction of sp³-hybridized carbons (Fsp3) is 0.524. The molecule has 1 aromatic rings. The van der Waals surface area contributed by atoms with Gasteiger partial charge in [-0.05, 0) is 55.0 Å². The molecule has 1 atom stereocenters. The lowest BCUT2D eigenvalue weighted by Crippen LogP contribution is -2.43. The zero-order valence-corrected chi connectivity index (χ0v) is 15.5. The van der Waals surface area contributed by atoms with E-state index in [4.69, 9.17) is 4.74 Å². The molecule has 0 amide bonds. The Balaban J connectivity index is 2.26. The SMILES string of the molecule is C=C(CC)C(=O)c1cc2c(cc1C)OC(CCCCCC)(C(=O)O)C2. The quantitative estimate of drug-likeness (QED) is 0.394. The number of hydrogen-bond donors (Lipinski definition) is 1. The molecule has 25 heavy (non-hydrogen) atoms. The van der Waals surface area contributed by atoms with Crippen molar-refractivity contribution >= 4 is 11.8 Å². The van der Waals surface area contributed by atoms with Gasteiger partial charge in [0.2, 0.25) is 5.60 Å². The van der Waals surface area contributed by atoms with Crippen molar-refractivity contribution in [3.63, 3.8) is 0 Å². The van der Waals surface area contributed by atoms with E-state index in [0.29, 0.717) is 36.1 Å². The predicted octanol–water partition coefficient (Wildman–Crippen LogP) is 4.87. The zero-order valence-electron chi connectivity index (χ0n) is 15.5. The van der Waals surface area contributed by atoms with Gasteiger partial charge < -0.3 is 9.84 Å². The van der Waals surface area contributed by atoms with Crippen LogP contribution in [0.2, 0.25) is 0 Å². The van der Waals surface area contributed by atoms with Crippen molar-refractivity contribution in [1.82, 2.24) is 0 Å². The summed E-state index contributed by atoms with van der Waals surface area (Å²) >= 11 is 0. The minimum atomic E-state index is -1.20. The van der Waals surface area contributed by atoms with Crippen molar-refractivity contribution in [2.45, 2.75) is 71.3 Å². The van der Waals surface area contributed by atoms with Crippen molar-refractivity contribution < 1.29 is 19.4 Å². The molecule has 0 fully saturated rings. The molecule has 0 saturated heterocycles. The third-order valence-electron chi connectivity index (χ3n) is 5.01. The van der Waals surface area contributed by atoms with Gasteiger partial charge in [0, 0.05) is 12.0 Å². The number of aliphatic carboxylic acids is 1. The number of aryl methyl sites for hydroxylation is 1. The fourth-order valence-corrected chi connectivity index (χ4v) is 3.31. The van der Waals surface area contributed by atoms with Crippen LogP contribution in [-0.2, 0) is 11.2 Å². The van der Waals surface area contributed by atoms with Gasteiger partial charge in [0.1, 0.15) is 5.75 Å². The maximum atomic E-state index is 12.5. The molecule has 1 heterocycles. The normalized spacial score (nSPS) is 18.5. The molecule has 2 rings (SSSR count). The molecule has 1 aromatic carbocycles. The lowest BCUT2D eigenvalue weighted by atomic mass is 9.89. The molecule has 0 spiro atoms. The predicted molar refractivity (Wildman–Crippen MR) is 98.4 cm³/mol. The Morgan fingerprint density at radius 1 is 1.24 bits per heavy atom. The Labute approximate surface area is 149 Å². The zero-order chi connectivity index (χ0) is 18.6. The average molecular weight is 344 g/mol. The second-order valence-electron chi connectivity index (χ2n) is 6.95. The molecule has 4 heteroatoms. The Bertz CT molecular complexity index is 689. The average Bonchev–Trinajstić information content (AvgIpc) is 2.95. The molecule has 0 bridgehead atoms. The van der Waals surface area contributed by atoms with E-state index in [1.54, 1.807) is 12.1 Å². The summed E-state index contributed by atoms with van der Waals surface area (Å²) in [6, 6.07) is 3.59. The largest absolute Gasteiger partial charge is 0.478 e. The molecule has 1 unspecified atom stereocenters. The molecule has 0 aromatic heterocycles. The van der Waals surface area contributed by atoms with E-state index >= 15 is 0 Å². The van der Waals surface area contributed by atoms with Gasteiger partial charge in [0.15, 0.2) is 5.78 Å². The Morgan fingerprint density at radius 2 is 1.96 bits per heavy atom. The number of benzene rings is 1. The topological polar surface area (TPSA) is 63.6 Å². The Morgan fingerprint density at radius 3 is 2.56 bits per heavy atom. The van der Waals surface area contributed by atoms with Crippen molar-refractivity contribution in [1.29, 1.82) is 0 Å². The number of Topliss-reactive ketones (excluding diaryl/α,β-unsaturated/α-hetero) is 1. The first-order valence-electron chi connectivity index (χ1n) is 9.13. The van der Waals surface area contributed by atoms with Crippen molar-refractivity contribution in [3.05, 3.63) is 41.0 Å². The van der Waals surface area contributed by atoms with Gasteiger partial charge in [-0.2, -0.15) is 0 Å². The van der Waals surface area contributed by atoms with Crippen LogP contribution >= 0.6 is 0 Å². The van der Waals surface area contributed by atoms with Crippen LogP contribution in [0, 0.1) is 6.92 Å². The molecule has 136 valence electrons. The molecular formula is C21H28O4. The summed E-state index contributed by atoms with van der Waals surface area (Å²) in [5, 5.41) is 9.76. The van der Waals surface area contributed by atoms with Crippen LogP contribution in [0.3, 0.4) is 0 Å². The van der Waals surface area contributed by atoms with Crippen molar-refractivity contribution in [3.8, 4) is 5.75 Å². The second-order valence-corrected chi connectivity index (χ2v) is 6.95. The molecular weight excluding hydrogens is 316 g/mol. The first-order chi connectivity index (χ1) is 11.8. The number of hydrogen-bond acceptors (Lipinski definition) is 3. The maximum absolute atomic E-state index is 12.5. The third kappa shape index (κ3) is 3.94. The summed E-state index contributed by atoms with van der Waals surface area (Å²) in [5.41, 5.74) is 1.56. The highest BCUT2D eigenvalue weighted by molar-refractivity contribution is 6.09. The molecule has 0 radical (unpaired) electrons. The van der Waals surface area contributed by atoms with Crippen LogP contribution in [0.25, 0.3) is 0 Å². The molecule has 0 saturated carbocycles. The van der Waals surface area contributed by atoms with E-state index in [1.165, 1.54) is 0 Å². The number of allylic oxidation sites excluding steroid dienone is 1. The third-order valence-corrected chi connectivity index (χ3v) is 5.01. The number of carboxylic acid groups (broad SMARTS) is 1. The summed E-state index contributed by atoms with van der Waals surface area (Å²) in [6.07, 6.45) is 5.43. The summed E-state index contributed by atoms with van der Waals surface area (Å²) in [6.45, 7) is 9.70. The summed E-state index contributed by atoms with van der Waals surface area (Å²) < 4.78 is 5.91. The monoisotopic (exact) mass is 344 g/mol. The van der Waals surface area contributed by atoms with Gasteiger partial charge in [-0.25, -0.2) is 4.79 Å². The number of ether oxygens (including phenoxy) is 1. The maximum Gasteiger partial charge on any atom is 0.348 e.